The van der Waals surface area contributed by atoms with E-state index >= 15 is 0 Å². The molecule has 1 saturated heterocycles. The van der Waals surface area contributed by atoms with Crippen LogP contribution in [0.1, 0.15) is 41.5 Å². The summed E-state index contributed by atoms with van der Waals surface area (Å²) in [5, 5.41) is 14.6. The van der Waals surface area contributed by atoms with Gasteiger partial charge in [0.15, 0.2) is 0 Å². The van der Waals surface area contributed by atoms with Gasteiger partial charge in [-0.1, -0.05) is 64.8 Å². The molecule has 2 aromatic heterocycles. The first-order chi connectivity index (χ1) is 19.6. The number of anilines is 1. The molecular weight excluding hydrogens is 526 g/mol. The second kappa shape index (κ2) is 11.2. The summed E-state index contributed by atoms with van der Waals surface area (Å²) in [6.07, 6.45) is 1.60. The van der Waals surface area contributed by atoms with Crippen molar-refractivity contribution >= 4 is 17.5 Å². The number of aryl methyl sites for hydroxylation is 1. The highest BCUT2D eigenvalue weighted by atomic mass is 35.5. The van der Waals surface area contributed by atoms with Gasteiger partial charge in [-0.25, -0.2) is 0 Å². The maximum absolute atomic E-state index is 9.75. The van der Waals surface area contributed by atoms with Crippen LogP contribution in [-0.4, -0.2) is 28.2 Å². The third kappa shape index (κ3) is 5.42. The Hall–Kier alpha value is -4.61. The highest BCUT2D eigenvalue weighted by molar-refractivity contribution is 6.31. The smallest absolute Gasteiger partial charge is 0.235 e. The summed E-state index contributed by atoms with van der Waals surface area (Å²) < 4.78 is 17.6. The Morgan fingerprint density at radius 2 is 1.70 bits per heavy atom. The monoisotopic (exact) mass is 551 g/mol. The number of piperidine rings is 1. The van der Waals surface area contributed by atoms with E-state index in [0.29, 0.717) is 54.0 Å². The molecule has 3 aromatic carbocycles. The minimum Gasteiger partial charge on any atom is -0.489 e. The Labute approximate surface area is 236 Å². The van der Waals surface area contributed by atoms with Crippen molar-refractivity contribution in [2.24, 2.45) is 0 Å². The van der Waals surface area contributed by atoms with E-state index in [1.807, 2.05) is 79.7 Å². The summed E-state index contributed by atoms with van der Waals surface area (Å²) >= 11 is 6.22. The maximum Gasteiger partial charge on any atom is 0.235 e. The van der Waals surface area contributed by atoms with Gasteiger partial charge in [-0.05, 0) is 50.1 Å². The summed E-state index contributed by atoms with van der Waals surface area (Å²) in [5.74, 6) is 2.97. The molecule has 6 rings (SSSR count). The highest BCUT2D eigenvalue weighted by Crippen LogP contribution is 2.35. The van der Waals surface area contributed by atoms with E-state index in [9.17, 15) is 5.26 Å². The summed E-state index contributed by atoms with van der Waals surface area (Å²) in [7, 11) is 0. The van der Waals surface area contributed by atoms with Crippen LogP contribution < -0.4 is 9.64 Å². The SMILES string of the molecule is Cc1ccc(-c2noc(C3CCN(c4oc(-c5ccc(OCc6ccccc6Cl)cc5)nc4C#N)CC3)n2)cc1. The molecule has 0 saturated carbocycles. The number of hydrogen-bond donors (Lipinski definition) is 0. The third-order valence-electron chi connectivity index (χ3n) is 7.05. The molecule has 0 spiro atoms. The van der Waals surface area contributed by atoms with Crippen LogP contribution in [-0.2, 0) is 6.61 Å². The molecule has 0 N–H and O–H groups in total. The van der Waals surface area contributed by atoms with Gasteiger partial charge in [-0.2, -0.15) is 15.2 Å². The van der Waals surface area contributed by atoms with Crippen LogP contribution in [0.2, 0.25) is 5.02 Å². The number of aromatic nitrogens is 3. The van der Waals surface area contributed by atoms with Crippen LogP contribution in [0.15, 0.2) is 81.7 Å². The molecule has 0 radical (unpaired) electrons. The zero-order valence-corrected chi connectivity index (χ0v) is 22.6. The van der Waals surface area contributed by atoms with Gasteiger partial charge >= 0.3 is 0 Å². The minimum atomic E-state index is 0.147. The number of nitrogens with zero attached hydrogens (tertiary/aromatic N) is 5. The third-order valence-corrected chi connectivity index (χ3v) is 7.42. The number of rotatable bonds is 7. The van der Waals surface area contributed by atoms with Crippen molar-refractivity contribution in [3.8, 4) is 34.7 Å². The zero-order valence-electron chi connectivity index (χ0n) is 21.9. The van der Waals surface area contributed by atoms with Crippen molar-refractivity contribution < 1.29 is 13.7 Å². The first-order valence-electron chi connectivity index (χ1n) is 13.1. The van der Waals surface area contributed by atoms with E-state index in [0.717, 1.165) is 29.5 Å². The predicted octanol–water partition coefficient (Wildman–Crippen LogP) is 7.19. The van der Waals surface area contributed by atoms with Crippen molar-refractivity contribution in [2.75, 3.05) is 18.0 Å². The average molecular weight is 552 g/mol. The Kier molecular flexibility index (Phi) is 7.21. The largest absolute Gasteiger partial charge is 0.489 e. The second-order valence-corrected chi connectivity index (χ2v) is 10.2. The summed E-state index contributed by atoms with van der Waals surface area (Å²) in [5.41, 5.74) is 4.07. The van der Waals surface area contributed by atoms with Gasteiger partial charge in [-0.3, -0.25) is 0 Å². The molecule has 0 bridgehead atoms. The second-order valence-electron chi connectivity index (χ2n) is 9.77. The van der Waals surface area contributed by atoms with E-state index < -0.39 is 0 Å². The molecule has 0 unspecified atom stereocenters. The number of halogens is 1. The Morgan fingerprint density at radius 3 is 2.42 bits per heavy atom. The van der Waals surface area contributed by atoms with Crippen LogP contribution >= 0.6 is 11.6 Å². The number of oxazole rings is 1. The molecule has 9 heteroatoms. The molecule has 1 fully saturated rings. The zero-order chi connectivity index (χ0) is 27.5. The fraction of sp³-hybridized carbons (Fsp3) is 0.226. The van der Waals surface area contributed by atoms with Crippen LogP contribution in [0.3, 0.4) is 0 Å². The lowest BCUT2D eigenvalue weighted by molar-refractivity contribution is 0.306. The molecular formula is C31H26ClN5O3. The number of ether oxygens (including phenoxy) is 1. The van der Waals surface area contributed by atoms with Crippen molar-refractivity contribution in [3.63, 3.8) is 0 Å². The average Bonchev–Trinajstić information content (AvgIpc) is 3.66. The van der Waals surface area contributed by atoms with Crippen LogP contribution in [0.5, 0.6) is 5.75 Å². The lowest BCUT2D eigenvalue weighted by Gasteiger charge is -2.29. The van der Waals surface area contributed by atoms with Gasteiger partial charge in [0, 0.05) is 40.7 Å². The number of nitriles is 1. The number of hydrogen-bond acceptors (Lipinski definition) is 8. The Morgan fingerprint density at radius 1 is 0.975 bits per heavy atom. The standard InChI is InChI=1S/C31H26ClN5O3/c1-20-6-8-21(9-7-20)28-35-30(40-36-28)23-14-16-37(17-15-23)31-27(18-33)34-29(39-31)22-10-12-25(13-11-22)38-19-24-4-2-3-5-26(24)32/h2-13,23H,14-17,19H2,1H3. The molecule has 5 aromatic rings. The molecule has 1 aliphatic rings. The fourth-order valence-electron chi connectivity index (χ4n) is 4.74. The minimum absolute atomic E-state index is 0.147. The van der Waals surface area contributed by atoms with Gasteiger partial charge in [0.25, 0.3) is 0 Å². The van der Waals surface area contributed by atoms with E-state index in [1.165, 1.54) is 5.56 Å². The summed E-state index contributed by atoms with van der Waals surface area (Å²) in [6, 6.07) is 25.3. The lowest BCUT2D eigenvalue weighted by Crippen LogP contribution is -2.33. The molecule has 8 nitrogen and oxygen atoms in total. The first kappa shape index (κ1) is 25.7. The topological polar surface area (TPSA) is 101 Å². The van der Waals surface area contributed by atoms with Crippen LogP contribution in [0, 0.1) is 18.3 Å². The van der Waals surface area contributed by atoms with Crippen molar-refractivity contribution in [1.82, 2.24) is 15.1 Å². The summed E-state index contributed by atoms with van der Waals surface area (Å²) in [4.78, 5) is 11.2. The number of benzene rings is 3. The molecule has 1 aliphatic heterocycles. The lowest BCUT2D eigenvalue weighted by atomic mass is 9.97. The van der Waals surface area contributed by atoms with Crippen LogP contribution in [0.4, 0.5) is 5.88 Å². The van der Waals surface area contributed by atoms with E-state index in [1.54, 1.807) is 0 Å². The van der Waals surface area contributed by atoms with Crippen molar-refractivity contribution in [3.05, 3.63) is 101 Å². The maximum atomic E-state index is 9.75. The Bertz CT molecular complexity index is 1650. The molecule has 40 heavy (non-hydrogen) atoms. The molecule has 0 atom stereocenters. The van der Waals surface area contributed by atoms with E-state index in [4.69, 9.17) is 25.3 Å². The fourth-order valence-corrected chi connectivity index (χ4v) is 4.93. The normalized spacial score (nSPS) is 13.8. The van der Waals surface area contributed by atoms with Crippen molar-refractivity contribution in [1.29, 1.82) is 5.26 Å². The molecule has 3 heterocycles. The highest BCUT2D eigenvalue weighted by Gasteiger charge is 2.29. The predicted molar refractivity (Wildman–Crippen MR) is 151 cm³/mol. The van der Waals surface area contributed by atoms with Gasteiger partial charge in [0.2, 0.25) is 29.2 Å². The van der Waals surface area contributed by atoms with Gasteiger partial charge < -0.3 is 18.6 Å². The van der Waals surface area contributed by atoms with Crippen molar-refractivity contribution in [2.45, 2.75) is 32.3 Å². The van der Waals surface area contributed by atoms with Gasteiger partial charge in [-0.15, -0.1) is 0 Å². The molecule has 200 valence electrons. The quantitative estimate of drug-likeness (QED) is 0.209. The van der Waals surface area contributed by atoms with E-state index in [-0.39, 0.29) is 11.6 Å². The van der Waals surface area contributed by atoms with Gasteiger partial charge in [0.05, 0.1) is 0 Å². The van der Waals surface area contributed by atoms with Crippen LogP contribution in [0.25, 0.3) is 22.8 Å². The Balaban J connectivity index is 1.10. The summed E-state index contributed by atoms with van der Waals surface area (Å²) in [6.45, 7) is 3.79. The molecule has 0 amide bonds. The first-order valence-corrected chi connectivity index (χ1v) is 13.5. The molecule has 0 aliphatic carbocycles. The van der Waals surface area contributed by atoms with Gasteiger partial charge in [0.1, 0.15) is 18.4 Å². The van der Waals surface area contributed by atoms with E-state index in [2.05, 4.69) is 26.1 Å².